The van der Waals surface area contributed by atoms with Gasteiger partial charge in [0.2, 0.25) is 6.29 Å². The van der Waals surface area contributed by atoms with Crippen LogP contribution in [0.5, 0.6) is 0 Å². The Hall–Kier alpha value is -0.560. The van der Waals surface area contributed by atoms with Crippen LogP contribution < -0.4 is 0 Å². The third-order valence-corrected chi connectivity index (χ3v) is 2.50. The number of aliphatic hydroxyl groups is 1. The van der Waals surface area contributed by atoms with Gasteiger partial charge in [0.05, 0.1) is 6.10 Å². The maximum Gasteiger partial charge on any atom is 0.222 e. The van der Waals surface area contributed by atoms with Gasteiger partial charge in [-0.2, -0.15) is 0 Å². The van der Waals surface area contributed by atoms with Crippen LogP contribution >= 0.6 is 0 Å². The Kier molecular flexibility index (Phi) is 5.70. The van der Waals surface area contributed by atoms with Gasteiger partial charge in [0.25, 0.3) is 0 Å². The van der Waals surface area contributed by atoms with Crippen molar-refractivity contribution in [1.29, 1.82) is 0 Å². The third-order valence-electron chi connectivity index (χ3n) is 2.50. The molecule has 0 saturated heterocycles. The smallest absolute Gasteiger partial charge is 0.222 e. The van der Waals surface area contributed by atoms with Crippen LogP contribution in [0.2, 0.25) is 0 Å². The lowest BCUT2D eigenvalue weighted by Gasteiger charge is -2.11. The fourth-order valence-electron chi connectivity index (χ4n) is 1.72. The molecule has 1 aliphatic rings. The zero-order valence-electron chi connectivity index (χ0n) is 9.53. The van der Waals surface area contributed by atoms with Crippen molar-refractivity contribution in [3.05, 3.63) is 0 Å². The second-order valence-corrected chi connectivity index (χ2v) is 3.64. The zero-order valence-corrected chi connectivity index (χ0v) is 9.53. The summed E-state index contributed by atoms with van der Waals surface area (Å²) in [5.41, 5.74) is 0. The molecule has 1 rings (SSSR count). The first-order valence-corrected chi connectivity index (χ1v) is 5.70. The fraction of sp³-hybridized carbons (Fsp3) is 0.833. The van der Waals surface area contributed by atoms with E-state index in [9.17, 15) is 5.11 Å². The SMILES string of the molecule is CCOC(C#CC1CCCC1O)OCC. The molecule has 2 atom stereocenters. The minimum absolute atomic E-state index is 0.105. The van der Waals surface area contributed by atoms with Gasteiger partial charge in [-0.05, 0) is 39.0 Å². The highest BCUT2D eigenvalue weighted by Gasteiger charge is 2.23. The van der Waals surface area contributed by atoms with Crippen molar-refractivity contribution in [3.63, 3.8) is 0 Å². The van der Waals surface area contributed by atoms with E-state index in [0.717, 1.165) is 19.3 Å². The summed E-state index contributed by atoms with van der Waals surface area (Å²) >= 11 is 0. The lowest BCUT2D eigenvalue weighted by molar-refractivity contribution is -0.0971. The van der Waals surface area contributed by atoms with Crippen LogP contribution in [0.4, 0.5) is 0 Å². The number of aliphatic hydroxyl groups excluding tert-OH is 1. The quantitative estimate of drug-likeness (QED) is 0.567. The van der Waals surface area contributed by atoms with Crippen molar-refractivity contribution in [1.82, 2.24) is 0 Å². The molecule has 0 spiro atoms. The molecule has 15 heavy (non-hydrogen) atoms. The number of hydrogen-bond acceptors (Lipinski definition) is 3. The lowest BCUT2D eigenvalue weighted by Crippen LogP contribution is -2.16. The minimum Gasteiger partial charge on any atom is -0.392 e. The Morgan fingerprint density at radius 1 is 1.27 bits per heavy atom. The molecule has 1 N–H and O–H groups in total. The Labute approximate surface area is 91.8 Å². The minimum atomic E-state index is -0.437. The molecule has 1 fully saturated rings. The first-order chi connectivity index (χ1) is 7.27. The largest absolute Gasteiger partial charge is 0.392 e. The second-order valence-electron chi connectivity index (χ2n) is 3.64. The molecule has 0 aromatic heterocycles. The van der Waals surface area contributed by atoms with E-state index >= 15 is 0 Å². The predicted octanol–water partition coefficient (Wildman–Crippen LogP) is 1.55. The van der Waals surface area contributed by atoms with Crippen LogP contribution in [-0.2, 0) is 9.47 Å². The molecule has 0 heterocycles. The average molecular weight is 212 g/mol. The molecular weight excluding hydrogens is 192 g/mol. The Morgan fingerprint density at radius 3 is 2.40 bits per heavy atom. The Morgan fingerprint density at radius 2 is 1.93 bits per heavy atom. The van der Waals surface area contributed by atoms with Crippen molar-refractivity contribution >= 4 is 0 Å². The van der Waals surface area contributed by atoms with Crippen LogP contribution in [0.25, 0.3) is 0 Å². The highest BCUT2D eigenvalue weighted by atomic mass is 16.7. The maximum absolute atomic E-state index is 9.58. The van der Waals surface area contributed by atoms with E-state index in [1.54, 1.807) is 0 Å². The van der Waals surface area contributed by atoms with Gasteiger partial charge in [0, 0.05) is 19.1 Å². The molecule has 0 aromatic carbocycles. The third kappa shape index (κ3) is 4.21. The topological polar surface area (TPSA) is 38.7 Å². The summed E-state index contributed by atoms with van der Waals surface area (Å²) in [5, 5.41) is 9.58. The Bertz CT molecular complexity index is 223. The zero-order chi connectivity index (χ0) is 11.1. The van der Waals surface area contributed by atoms with Crippen LogP contribution in [-0.4, -0.2) is 30.7 Å². The molecule has 3 heteroatoms. The number of ether oxygens (including phenoxy) is 2. The molecule has 86 valence electrons. The van der Waals surface area contributed by atoms with Gasteiger partial charge >= 0.3 is 0 Å². The van der Waals surface area contributed by atoms with Gasteiger partial charge in [-0.1, -0.05) is 5.92 Å². The average Bonchev–Trinajstić information content (AvgIpc) is 2.61. The van der Waals surface area contributed by atoms with Crippen LogP contribution in [0.15, 0.2) is 0 Å². The predicted molar refractivity (Wildman–Crippen MR) is 58.2 cm³/mol. The van der Waals surface area contributed by atoms with E-state index < -0.39 is 6.29 Å². The maximum atomic E-state index is 9.58. The summed E-state index contributed by atoms with van der Waals surface area (Å²) in [6.07, 6.45) is 2.22. The van der Waals surface area contributed by atoms with E-state index in [2.05, 4.69) is 11.8 Å². The normalized spacial score (nSPS) is 25.3. The monoisotopic (exact) mass is 212 g/mol. The van der Waals surface area contributed by atoms with Crippen LogP contribution in [0.3, 0.4) is 0 Å². The summed E-state index contributed by atoms with van der Waals surface area (Å²) in [7, 11) is 0. The van der Waals surface area contributed by atoms with Crippen molar-refractivity contribution in [2.75, 3.05) is 13.2 Å². The van der Waals surface area contributed by atoms with Gasteiger partial charge in [-0.3, -0.25) is 0 Å². The summed E-state index contributed by atoms with van der Waals surface area (Å²) in [6.45, 7) is 5.01. The van der Waals surface area contributed by atoms with Gasteiger partial charge in [0.1, 0.15) is 0 Å². The van der Waals surface area contributed by atoms with Gasteiger partial charge in [-0.15, -0.1) is 0 Å². The summed E-state index contributed by atoms with van der Waals surface area (Å²) < 4.78 is 10.6. The van der Waals surface area contributed by atoms with E-state index in [-0.39, 0.29) is 12.0 Å². The lowest BCUT2D eigenvalue weighted by atomic mass is 10.1. The second kappa shape index (κ2) is 6.84. The molecular formula is C12H20O3. The Balaban J connectivity index is 2.44. The van der Waals surface area contributed by atoms with E-state index in [0.29, 0.717) is 13.2 Å². The summed E-state index contributed by atoms with van der Waals surface area (Å²) in [6, 6.07) is 0. The molecule has 2 unspecified atom stereocenters. The van der Waals surface area contributed by atoms with Crippen molar-refractivity contribution in [3.8, 4) is 11.8 Å². The van der Waals surface area contributed by atoms with Crippen molar-refractivity contribution in [2.45, 2.75) is 45.5 Å². The number of rotatable bonds is 4. The number of hydrogen-bond donors (Lipinski definition) is 1. The fourth-order valence-corrected chi connectivity index (χ4v) is 1.72. The summed E-state index contributed by atoms with van der Waals surface area (Å²) in [4.78, 5) is 0. The molecule has 3 nitrogen and oxygen atoms in total. The van der Waals surface area contributed by atoms with Crippen molar-refractivity contribution in [2.24, 2.45) is 5.92 Å². The highest BCUT2D eigenvalue weighted by molar-refractivity contribution is 5.09. The first-order valence-electron chi connectivity index (χ1n) is 5.70. The van der Waals surface area contributed by atoms with Crippen LogP contribution in [0, 0.1) is 17.8 Å². The van der Waals surface area contributed by atoms with Crippen LogP contribution in [0.1, 0.15) is 33.1 Å². The molecule has 0 aromatic rings. The van der Waals surface area contributed by atoms with Gasteiger partial charge in [0.15, 0.2) is 0 Å². The van der Waals surface area contributed by atoms with E-state index in [4.69, 9.17) is 9.47 Å². The van der Waals surface area contributed by atoms with Gasteiger partial charge in [-0.25, -0.2) is 0 Å². The highest BCUT2D eigenvalue weighted by Crippen LogP contribution is 2.24. The molecule has 1 saturated carbocycles. The molecule has 0 amide bonds. The first kappa shape index (κ1) is 12.5. The molecule has 1 aliphatic carbocycles. The molecule has 0 radical (unpaired) electrons. The summed E-state index contributed by atoms with van der Waals surface area (Å²) in [5.74, 6) is 6.10. The van der Waals surface area contributed by atoms with Gasteiger partial charge < -0.3 is 14.6 Å². The molecule has 0 bridgehead atoms. The van der Waals surface area contributed by atoms with E-state index in [1.165, 1.54) is 0 Å². The van der Waals surface area contributed by atoms with E-state index in [1.807, 2.05) is 13.8 Å². The molecule has 0 aliphatic heterocycles. The standard InChI is InChI=1S/C12H20O3/c1-3-14-12(15-4-2)9-8-10-6-5-7-11(10)13/h10-13H,3-7H2,1-2H3. The van der Waals surface area contributed by atoms with Crippen molar-refractivity contribution < 1.29 is 14.6 Å².